The van der Waals surface area contributed by atoms with Crippen LogP contribution in [-0.4, -0.2) is 12.6 Å². The smallest absolute Gasteiger partial charge is 0.146 e. The number of fused-ring (bicyclic) bond motifs is 1. The van der Waals surface area contributed by atoms with Crippen LogP contribution in [0.5, 0.6) is 0 Å². The lowest BCUT2D eigenvalue weighted by molar-refractivity contribution is 0.242. The second kappa shape index (κ2) is 5.72. The van der Waals surface area contributed by atoms with Crippen LogP contribution in [0.25, 0.3) is 0 Å². The lowest BCUT2D eigenvalue weighted by Gasteiger charge is -2.46. The summed E-state index contributed by atoms with van der Waals surface area (Å²) in [5, 5.41) is 0. The third-order valence-electron chi connectivity index (χ3n) is 5.04. The van der Waals surface area contributed by atoms with Gasteiger partial charge in [-0.15, -0.1) is 0 Å². The molecule has 2 nitrogen and oxygen atoms in total. The van der Waals surface area contributed by atoms with E-state index in [1.54, 1.807) is 12.1 Å². The molecule has 20 heavy (non-hydrogen) atoms. The standard InChI is InChI=1S/C17H25FN2/c1-12(19)14-8-4-9-15(18)17(14)20-11-5-7-13-6-2-3-10-16(13)20/h4,8-9,12-13,16H,2-3,5-7,10-11,19H2,1H3/t12-,13+,16+/m0/s1. The maximum Gasteiger partial charge on any atom is 0.146 e. The average Bonchev–Trinajstić information content (AvgIpc) is 2.46. The molecule has 2 N–H and O–H groups in total. The Kier molecular flexibility index (Phi) is 3.97. The topological polar surface area (TPSA) is 29.3 Å². The highest BCUT2D eigenvalue weighted by Gasteiger charge is 2.35. The predicted molar refractivity (Wildman–Crippen MR) is 81.3 cm³/mol. The van der Waals surface area contributed by atoms with Gasteiger partial charge >= 0.3 is 0 Å². The minimum absolute atomic E-state index is 0.106. The average molecular weight is 276 g/mol. The molecule has 2 fully saturated rings. The molecule has 1 aliphatic heterocycles. The van der Waals surface area contributed by atoms with Crippen LogP contribution in [0.4, 0.5) is 10.1 Å². The molecule has 1 heterocycles. The van der Waals surface area contributed by atoms with Crippen LogP contribution in [0.15, 0.2) is 18.2 Å². The van der Waals surface area contributed by atoms with Crippen molar-refractivity contribution in [2.24, 2.45) is 11.7 Å². The van der Waals surface area contributed by atoms with Crippen molar-refractivity contribution in [2.45, 2.75) is 57.5 Å². The number of halogens is 1. The molecule has 0 unspecified atom stereocenters. The summed E-state index contributed by atoms with van der Waals surface area (Å²) in [6, 6.07) is 5.74. The Labute approximate surface area is 121 Å². The largest absolute Gasteiger partial charge is 0.366 e. The lowest BCUT2D eigenvalue weighted by Crippen LogP contribution is -2.47. The van der Waals surface area contributed by atoms with Crippen molar-refractivity contribution in [1.82, 2.24) is 0 Å². The van der Waals surface area contributed by atoms with Crippen LogP contribution in [0, 0.1) is 11.7 Å². The molecule has 1 aromatic carbocycles. The van der Waals surface area contributed by atoms with E-state index < -0.39 is 0 Å². The highest BCUT2D eigenvalue weighted by atomic mass is 19.1. The van der Waals surface area contributed by atoms with Crippen LogP contribution in [0.3, 0.4) is 0 Å². The van der Waals surface area contributed by atoms with Crippen LogP contribution in [-0.2, 0) is 0 Å². The Morgan fingerprint density at radius 2 is 1.95 bits per heavy atom. The van der Waals surface area contributed by atoms with Crippen LogP contribution in [0.1, 0.15) is 57.1 Å². The normalized spacial score (nSPS) is 28.1. The highest BCUT2D eigenvalue weighted by molar-refractivity contribution is 5.57. The Morgan fingerprint density at radius 3 is 2.75 bits per heavy atom. The molecule has 0 spiro atoms. The molecule has 1 aromatic rings. The van der Waals surface area contributed by atoms with Crippen molar-refractivity contribution in [1.29, 1.82) is 0 Å². The van der Waals surface area contributed by atoms with Gasteiger partial charge in [-0.05, 0) is 50.2 Å². The van der Waals surface area contributed by atoms with E-state index >= 15 is 0 Å². The number of nitrogens with zero attached hydrogens (tertiary/aromatic N) is 1. The maximum atomic E-state index is 14.5. The van der Waals surface area contributed by atoms with Gasteiger partial charge in [-0.3, -0.25) is 0 Å². The zero-order valence-electron chi connectivity index (χ0n) is 12.3. The first kappa shape index (κ1) is 13.9. The van der Waals surface area contributed by atoms with Crippen LogP contribution < -0.4 is 10.6 Å². The summed E-state index contributed by atoms with van der Waals surface area (Å²) in [5.74, 6) is 0.643. The minimum atomic E-state index is -0.121. The molecular weight excluding hydrogens is 251 g/mol. The van der Waals surface area contributed by atoms with Crippen LogP contribution in [0.2, 0.25) is 0 Å². The Bertz CT molecular complexity index is 470. The quantitative estimate of drug-likeness (QED) is 0.884. The Balaban J connectivity index is 1.98. The third-order valence-corrected chi connectivity index (χ3v) is 5.04. The molecule has 1 saturated heterocycles. The predicted octanol–water partition coefficient (Wildman–Crippen LogP) is 4.00. The van der Waals surface area contributed by atoms with Crippen molar-refractivity contribution < 1.29 is 4.39 Å². The van der Waals surface area contributed by atoms with E-state index in [1.165, 1.54) is 38.5 Å². The highest BCUT2D eigenvalue weighted by Crippen LogP contribution is 2.40. The first-order valence-electron chi connectivity index (χ1n) is 7.99. The molecule has 0 aromatic heterocycles. The summed E-state index contributed by atoms with van der Waals surface area (Å²) >= 11 is 0. The summed E-state index contributed by atoms with van der Waals surface area (Å²) in [4.78, 5) is 2.33. The van der Waals surface area contributed by atoms with Crippen molar-refractivity contribution in [3.05, 3.63) is 29.6 Å². The first-order chi connectivity index (χ1) is 9.68. The number of rotatable bonds is 2. The van der Waals surface area contributed by atoms with Gasteiger partial charge in [0.2, 0.25) is 0 Å². The summed E-state index contributed by atoms with van der Waals surface area (Å²) in [5.41, 5.74) is 7.80. The number of anilines is 1. The molecule has 0 bridgehead atoms. The van der Waals surface area contributed by atoms with E-state index in [1.807, 2.05) is 13.0 Å². The fourth-order valence-corrected chi connectivity index (χ4v) is 4.10. The fraction of sp³-hybridized carbons (Fsp3) is 0.647. The molecule has 1 saturated carbocycles. The number of hydrogen-bond acceptors (Lipinski definition) is 2. The molecule has 2 aliphatic rings. The Morgan fingerprint density at radius 1 is 1.20 bits per heavy atom. The lowest BCUT2D eigenvalue weighted by atomic mass is 9.78. The van der Waals surface area contributed by atoms with E-state index in [0.717, 1.165) is 23.7 Å². The zero-order valence-corrected chi connectivity index (χ0v) is 12.3. The molecule has 0 radical (unpaired) electrons. The number of benzene rings is 1. The van der Waals surface area contributed by atoms with Gasteiger partial charge in [0.15, 0.2) is 0 Å². The van der Waals surface area contributed by atoms with Crippen molar-refractivity contribution in [3.8, 4) is 0 Å². The number of hydrogen-bond donors (Lipinski definition) is 1. The van der Waals surface area contributed by atoms with Crippen molar-refractivity contribution in [3.63, 3.8) is 0 Å². The SMILES string of the molecule is C[C@H](N)c1cccc(F)c1N1CCC[C@H]2CCCC[C@H]21. The van der Waals surface area contributed by atoms with Gasteiger partial charge in [0.05, 0.1) is 5.69 Å². The monoisotopic (exact) mass is 276 g/mol. The van der Waals surface area contributed by atoms with E-state index in [0.29, 0.717) is 6.04 Å². The van der Waals surface area contributed by atoms with E-state index in [9.17, 15) is 4.39 Å². The fourth-order valence-electron chi connectivity index (χ4n) is 4.10. The molecule has 3 heteroatoms. The van der Waals surface area contributed by atoms with Crippen LogP contribution >= 0.6 is 0 Å². The summed E-state index contributed by atoms with van der Waals surface area (Å²) in [7, 11) is 0. The van der Waals surface area contributed by atoms with E-state index in [2.05, 4.69) is 4.90 Å². The molecular formula is C17H25FN2. The van der Waals surface area contributed by atoms with Gasteiger partial charge in [-0.2, -0.15) is 0 Å². The van der Waals surface area contributed by atoms with E-state index in [4.69, 9.17) is 5.73 Å². The van der Waals surface area contributed by atoms with Gasteiger partial charge in [0.1, 0.15) is 5.82 Å². The molecule has 110 valence electrons. The molecule has 0 amide bonds. The van der Waals surface area contributed by atoms with E-state index in [-0.39, 0.29) is 11.9 Å². The van der Waals surface area contributed by atoms with Crippen molar-refractivity contribution in [2.75, 3.05) is 11.4 Å². The number of piperidine rings is 1. The van der Waals surface area contributed by atoms with Gasteiger partial charge in [0.25, 0.3) is 0 Å². The maximum absolute atomic E-state index is 14.5. The van der Waals surface area contributed by atoms with Crippen molar-refractivity contribution >= 4 is 5.69 Å². The van der Waals surface area contributed by atoms with Gasteiger partial charge in [-0.25, -0.2) is 4.39 Å². The number of para-hydroxylation sites is 1. The first-order valence-corrected chi connectivity index (χ1v) is 7.99. The minimum Gasteiger partial charge on any atom is -0.366 e. The van der Waals surface area contributed by atoms with Gasteiger partial charge in [-0.1, -0.05) is 25.0 Å². The number of nitrogens with two attached hydrogens (primary N) is 1. The molecule has 3 atom stereocenters. The second-order valence-corrected chi connectivity index (χ2v) is 6.41. The Hall–Kier alpha value is -1.09. The summed E-state index contributed by atoms with van der Waals surface area (Å²) in [6.07, 6.45) is 7.61. The third kappa shape index (κ3) is 2.44. The second-order valence-electron chi connectivity index (χ2n) is 6.41. The summed E-state index contributed by atoms with van der Waals surface area (Å²) in [6.45, 7) is 2.92. The zero-order chi connectivity index (χ0) is 14.1. The molecule has 1 aliphatic carbocycles. The molecule has 3 rings (SSSR count). The summed E-state index contributed by atoms with van der Waals surface area (Å²) < 4.78 is 14.5. The van der Waals surface area contributed by atoms with Gasteiger partial charge in [0, 0.05) is 18.6 Å². The van der Waals surface area contributed by atoms with Gasteiger partial charge < -0.3 is 10.6 Å².